The SMILES string of the molecule is O=C1C2CN(Cc3ccc4ccccc4c3)CCN2C(=O)CN1Cc1ccc(C2CCCCC2)cc1. The molecule has 0 aromatic heterocycles. The number of benzene rings is 3. The number of amides is 2. The molecule has 6 rings (SSSR count). The van der Waals surface area contributed by atoms with Gasteiger partial charge in [0, 0.05) is 32.7 Å². The van der Waals surface area contributed by atoms with Crippen LogP contribution in [-0.4, -0.2) is 58.7 Å². The Kier molecular flexibility index (Phi) is 6.49. The Balaban J connectivity index is 1.12. The van der Waals surface area contributed by atoms with Crippen molar-refractivity contribution < 1.29 is 9.59 Å². The van der Waals surface area contributed by atoms with Crippen molar-refractivity contribution in [1.29, 1.82) is 0 Å². The Morgan fingerprint density at radius 2 is 1.50 bits per heavy atom. The molecule has 2 saturated heterocycles. The summed E-state index contributed by atoms with van der Waals surface area (Å²) in [6.45, 7) is 3.49. The van der Waals surface area contributed by atoms with E-state index in [2.05, 4.69) is 71.6 Å². The van der Waals surface area contributed by atoms with E-state index in [4.69, 9.17) is 0 Å². The Bertz CT molecular complexity index is 1250. The number of hydrogen-bond donors (Lipinski definition) is 0. The van der Waals surface area contributed by atoms with Crippen molar-refractivity contribution >= 4 is 22.6 Å². The van der Waals surface area contributed by atoms with Crippen molar-refractivity contribution in [1.82, 2.24) is 14.7 Å². The van der Waals surface area contributed by atoms with E-state index in [-0.39, 0.29) is 24.4 Å². The molecule has 1 unspecified atom stereocenters. The molecule has 2 heterocycles. The second kappa shape index (κ2) is 10.1. The van der Waals surface area contributed by atoms with Crippen LogP contribution in [0.4, 0.5) is 0 Å². The Morgan fingerprint density at radius 3 is 2.31 bits per heavy atom. The summed E-state index contributed by atoms with van der Waals surface area (Å²) >= 11 is 0. The van der Waals surface area contributed by atoms with Gasteiger partial charge in [0.1, 0.15) is 12.6 Å². The number of rotatable bonds is 5. The van der Waals surface area contributed by atoms with Crippen LogP contribution in [0.1, 0.15) is 54.7 Å². The third-order valence-electron chi connectivity index (χ3n) is 8.36. The highest BCUT2D eigenvalue weighted by molar-refractivity contribution is 5.95. The molecule has 3 aromatic carbocycles. The zero-order chi connectivity index (χ0) is 24.5. The quantitative estimate of drug-likeness (QED) is 0.518. The van der Waals surface area contributed by atoms with Gasteiger partial charge in [-0.25, -0.2) is 0 Å². The number of carbonyl (C=O) groups is 2. The van der Waals surface area contributed by atoms with Gasteiger partial charge in [0.25, 0.3) is 0 Å². The van der Waals surface area contributed by atoms with Crippen LogP contribution in [0.25, 0.3) is 10.8 Å². The first kappa shape index (κ1) is 23.2. The Labute approximate surface area is 213 Å². The van der Waals surface area contributed by atoms with Crippen LogP contribution in [-0.2, 0) is 22.7 Å². The zero-order valence-electron chi connectivity index (χ0n) is 20.9. The predicted molar refractivity (Wildman–Crippen MR) is 142 cm³/mol. The topological polar surface area (TPSA) is 43.9 Å². The molecule has 0 bridgehead atoms. The summed E-state index contributed by atoms with van der Waals surface area (Å²) < 4.78 is 0. The third kappa shape index (κ3) is 4.77. The monoisotopic (exact) mass is 481 g/mol. The largest absolute Gasteiger partial charge is 0.327 e. The second-order valence-corrected chi connectivity index (χ2v) is 10.8. The lowest BCUT2D eigenvalue weighted by molar-refractivity contribution is -0.160. The van der Waals surface area contributed by atoms with Crippen molar-refractivity contribution in [3.05, 3.63) is 83.4 Å². The molecule has 3 fully saturated rings. The van der Waals surface area contributed by atoms with Crippen molar-refractivity contribution in [2.45, 2.75) is 57.2 Å². The fourth-order valence-electron chi connectivity index (χ4n) is 6.32. The molecule has 5 nitrogen and oxygen atoms in total. The lowest BCUT2D eigenvalue weighted by Gasteiger charge is -2.46. The Hall–Kier alpha value is -3.18. The molecule has 0 radical (unpaired) electrons. The predicted octanol–water partition coefficient (Wildman–Crippen LogP) is 4.94. The van der Waals surface area contributed by atoms with E-state index in [1.54, 1.807) is 4.90 Å². The smallest absolute Gasteiger partial charge is 0.247 e. The molecule has 5 heteroatoms. The van der Waals surface area contributed by atoms with Gasteiger partial charge in [-0.1, -0.05) is 79.9 Å². The number of fused-ring (bicyclic) bond motifs is 2. The standard InChI is InChI=1S/C31H35N3O2/c35-30-22-33(20-23-10-13-27(14-11-23)25-6-2-1-3-7-25)31(36)29-21-32(16-17-34(29)30)19-24-12-15-26-8-4-5-9-28(26)18-24/h4-5,8-15,18,25,29H,1-3,6-7,16-17,19-22H2. The Morgan fingerprint density at radius 1 is 0.750 bits per heavy atom. The van der Waals surface area contributed by atoms with E-state index < -0.39 is 0 Å². The molecule has 0 spiro atoms. The van der Waals surface area contributed by atoms with Gasteiger partial charge in [0.15, 0.2) is 0 Å². The van der Waals surface area contributed by atoms with Gasteiger partial charge in [-0.05, 0) is 52.3 Å². The molecule has 0 N–H and O–H groups in total. The molecule has 1 atom stereocenters. The fourth-order valence-corrected chi connectivity index (χ4v) is 6.32. The van der Waals surface area contributed by atoms with Crippen LogP contribution in [0.5, 0.6) is 0 Å². The molecule has 1 saturated carbocycles. The molecular weight excluding hydrogens is 446 g/mol. The molecular formula is C31H35N3O2. The van der Waals surface area contributed by atoms with Gasteiger partial charge < -0.3 is 9.80 Å². The number of hydrogen-bond acceptors (Lipinski definition) is 3. The van der Waals surface area contributed by atoms with Crippen LogP contribution < -0.4 is 0 Å². The summed E-state index contributed by atoms with van der Waals surface area (Å²) in [6, 6.07) is 23.4. The van der Waals surface area contributed by atoms with Crippen molar-refractivity contribution in [3.63, 3.8) is 0 Å². The minimum atomic E-state index is -0.387. The van der Waals surface area contributed by atoms with Gasteiger partial charge in [0.05, 0.1) is 0 Å². The van der Waals surface area contributed by atoms with E-state index in [0.29, 0.717) is 25.6 Å². The lowest BCUT2D eigenvalue weighted by Crippen LogP contribution is -2.66. The lowest BCUT2D eigenvalue weighted by atomic mass is 9.84. The summed E-state index contributed by atoms with van der Waals surface area (Å²) in [4.78, 5) is 32.4. The van der Waals surface area contributed by atoms with Crippen molar-refractivity contribution in [3.8, 4) is 0 Å². The number of piperazine rings is 2. The third-order valence-corrected chi connectivity index (χ3v) is 8.36. The maximum atomic E-state index is 13.5. The van der Waals surface area contributed by atoms with Gasteiger partial charge in [0.2, 0.25) is 11.8 Å². The van der Waals surface area contributed by atoms with Crippen LogP contribution in [0, 0.1) is 0 Å². The molecule has 3 aliphatic rings. The average molecular weight is 482 g/mol. The highest BCUT2D eigenvalue weighted by atomic mass is 16.2. The minimum absolute atomic E-state index is 0.0729. The summed E-state index contributed by atoms with van der Waals surface area (Å²) in [7, 11) is 0. The molecule has 1 aliphatic carbocycles. The maximum absolute atomic E-state index is 13.5. The molecule has 2 amide bonds. The fraction of sp³-hybridized carbons (Fsp3) is 0.419. The van der Waals surface area contributed by atoms with Gasteiger partial charge in [-0.15, -0.1) is 0 Å². The van der Waals surface area contributed by atoms with E-state index >= 15 is 0 Å². The number of carbonyl (C=O) groups excluding carboxylic acids is 2. The second-order valence-electron chi connectivity index (χ2n) is 10.8. The van der Waals surface area contributed by atoms with Gasteiger partial charge in [-0.3, -0.25) is 14.5 Å². The minimum Gasteiger partial charge on any atom is -0.327 e. The molecule has 2 aliphatic heterocycles. The van der Waals surface area contributed by atoms with E-state index in [0.717, 1.165) is 18.7 Å². The van der Waals surface area contributed by atoms with E-state index in [1.807, 2.05) is 4.90 Å². The average Bonchev–Trinajstić information content (AvgIpc) is 2.92. The first-order valence-corrected chi connectivity index (χ1v) is 13.5. The van der Waals surface area contributed by atoms with Crippen molar-refractivity contribution in [2.75, 3.05) is 26.2 Å². The first-order chi connectivity index (χ1) is 17.6. The summed E-state index contributed by atoms with van der Waals surface area (Å²) in [5.41, 5.74) is 3.77. The molecule has 36 heavy (non-hydrogen) atoms. The highest BCUT2D eigenvalue weighted by Gasteiger charge is 2.42. The summed E-state index contributed by atoms with van der Waals surface area (Å²) in [5, 5.41) is 2.47. The van der Waals surface area contributed by atoms with Crippen LogP contribution >= 0.6 is 0 Å². The normalized spacial score (nSPS) is 21.7. The zero-order valence-corrected chi connectivity index (χ0v) is 20.9. The van der Waals surface area contributed by atoms with E-state index in [9.17, 15) is 9.59 Å². The van der Waals surface area contributed by atoms with Gasteiger partial charge >= 0.3 is 0 Å². The molecule has 3 aromatic rings. The number of nitrogens with zero attached hydrogens (tertiary/aromatic N) is 3. The van der Waals surface area contributed by atoms with E-state index in [1.165, 1.54) is 54.0 Å². The summed E-state index contributed by atoms with van der Waals surface area (Å²) in [6.07, 6.45) is 6.58. The summed E-state index contributed by atoms with van der Waals surface area (Å²) in [5.74, 6) is 0.827. The van der Waals surface area contributed by atoms with Crippen molar-refractivity contribution in [2.24, 2.45) is 0 Å². The first-order valence-electron chi connectivity index (χ1n) is 13.5. The molecule has 186 valence electrons. The van der Waals surface area contributed by atoms with Crippen LogP contribution in [0.15, 0.2) is 66.7 Å². The van der Waals surface area contributed by atoms with Crippen LogP contribution in [0.3, 0.4) is 0 Å². The highest BCUT2D eigenvalue weighted by Crippen LogP contribution is 2.33. The maximum Gasteiger partial charge on any atom is 0.247 e. The van der Waals surface area contributed by atoms with Crippen LogP contribution in [0.2, 0.25) is 0 Å². The van der Waals surface area contributed by atoms with Gasteiger partial charge in [-0.2, -0.15) is 0 Å².